The van der Waals surface area contributed by atoms with Crippen molar-refractivity contribution < 1.29 is 0 Å². The van der Waals surface area contributed by atoms with Crippen LogP contribution in [0.3, 0.4) is 0 Å². The highest BCUT2D eigenvalue weighted by molar-refractivity contribution is 9.10. The van der Waals surface area contributed by atoms with Gasteiger partial charge in [-0.05, 0) is 38.5 Å². The number of anilines is 1. The summed E-state index contributed by atoms with van der Waals surface area (Å²) in [6.45, 7) is 5.94. The average Bonchev–Trinajstić information content (AvgIpc) is 2.32. The first-order chi connectivity index (χ1) is 8.52. The third-order valence-corrected chi connectivity index (χ3v) is 3.55. The maximum absolute atomic E-state index is 5.48. The Morgan fingerprint density at radius 1 is 1.17 bits per heavy atom. The number of nitrogens with one attached hydrogen (secondary N) is 1. The van der Waals surface area contributed by atoms with Crippen LogP contribution < -0.4 is 11.3 Å². The molecule has 0 aliphatic rings. The van der Waals surface area contributed by atoms with Gasteiger partial charge in [-0.25, -0.2) is 15.8 Å². The van der Waals surface area contributed by atoms with Crippen LogP contribution in [-0.2, 0) is 0 Å². The van der Waals surface area contributed by atoms with E-state index in [1.807, 2.05) is 39.0 Å². The molecule has 0 aliphatic carbocycles. The highest BCUT2D eigenvalue weighted by Crippen LogP contribution is 2.28. The zero-order valence-electron chi connectivity index (χ0n) is 10.6. The molecule has 3 N–H and O–H groups in total. The molecule has 0 radical (unpaired) electrons. The molecule has 0 saturated heterocycles. The third kappa shape index (κ3) is 2.37. The van der Waals surface area contributed by atoms with E-state index in [1.54, 1.807) is 0 Å². The van der Waals surface area contributed by atoms with Crippen LogP contribution in [0.1, 0.15) is 16.8 Å². The number of hydrazine groups is 1. The Balaban J connectivity index is 2.60. The number of rotatable bonds is 2. The fraction of sp³-hybridized carbons (Fsp3) is 0.231. The predicted molar refractivity (Wildman–Crippen MR) is 77.2 cm³/mol. The summed E-state index contributed by atoms with van der Waals surface area (Å²) >= 11 is 3.54. The molecule has 0 saturated carbocycles. The summed E-state index contributed by atoms with van der Waals surface area (Å²) in [5, 5.41) is 0. The smallest absolute Gasteiger partial charge is 0.162 e. The standard InChI is InChI=1S/C13H15BrN4/c1-7-4-5-10(11(14)6-7)13-16-9(3)8(2)12(17-13)18-15/h4-6H,15H2,1-3H3,(H,16,17,18). The Kier molecular flexibility index (Phi) is 3.63. The van der Waals surface area contributed by atoms with Crippen molar-refractivity contribution >= 4 is 21.7 Å². The van der Waals surface area contributed by atoms with Gasteiger partial charge in [-0.15, -0.1) is 0 Å². The molecule has 94 valence electrons. The summed E-state index contributed by atoms with van der Waals surface area (Å²) in [7, 11) is 0. The average molecular weight is 307 g/mol. The van der Waals surface area contributed by atoms with E-state index in [1.165, 1.54) is 5.56 Å². The monoisotopic (exact) mass is 306 g/mol. The lowest BCUT2D eigenvalue weighted by atomic mass is 10.1. The minimum atomic E-state index is 0.657. The van der Waals surface area contributed by atoms with Crippen LogP contribution in [0.4, 0.5) is 5.82 Å². The lowest BCUT2D eigenvalue weighted by Gasteiger charge is -2.10. The number of benzene rings is 1. The largest absolute Gasteiger partial charge is 0.308 e. The Morgan fingerprint density at radius 3 is 2.50 bits per heavy atom. The first-order valence-electron chi connectivity index (χ1n) is 5.61. The number of halogens is 1. The second kappa shape index (κ2) is 5.04. The van der Waals surface area contributed by atoms with Gasteiger partial charge in [0.25, 0.3) is 0 Å². The minimum absolute atomic E-state index is 0.657. The van der Waals surface area contributed by atoms with E-state index in [0.717, 1.165) is 21.3 Å². The number of hydrogen-bond acceptors (Lipinski definition) is 4. The van der Waals surface area contributed by atoms with E-state index in [-0.39, 0.29) is 0 Å². The normalized spacial score (nSPS) is 10.5. The number of aryl methyl sites for hydroxylation is 2. The topological polar surface area (TPSA) is 63.8 Å². The predicted octanol–water partition coefficient (Wildman–Crippen LogP) is 3.12. The fourth-order valence-electron chi connectivity index (χ4n) is 1.69. The molecule has 0 aliphatic heterocycles. The molecule has 0 atom stereocenters. The maximum atomic E-state index is 5.48. The molecule has 1 aromatic carbocycles. The molecule has 2 aromatic rings. The van der Waals surface area contributed by atoms with Crippen LogP contribution in [0.15, 0.2) is 22.7 Å². The Morgan fingerprint density at radius 2 is 1.89 bits per heavy atom. The molecule has 1 heterocycles. The highest BCUT2D eigenvalue weighted by atomic mass is 79.9. The molecule has 1 aromatic heterocycles. The number of aromatic nitrogens is 2. The zero-order chi connectivity index (χ0) is 13.3. The summed E-state index contributed by atoms with van der Waals surface area (Å²) in [5.74, 6) is 6.80. The molecule has 0 fully saturated rings. The Hall–Kier alpha value is -1.46. The van der Waals surface area contributed by atoms with Crippen molar-refractivity contribution in [2.24, 2.45) is 5.84 Å². The lowest BCUT2D eigenvalue weighted by Crippen LogP contribution is -2.12. The summed E-state index contributed by atoms with van der Waals surface area (Å²) in [6, 6.07) is 6.08. The minimum Gasteiger partial charge on any atom is -0.308 e. The van der Waals surface area contributed by atoms with Crippen molar-refractivity contribution in [3.8, 4) is 11.4 Å². The van der Waals surface area contributed by atoms with Gasteiger partial charge in [-0.3, -0.25) is 0 Å². The van der Waals surface area contributed by atoms with Crippen LogP contribution in [0.25, 0.3) is 11.4 Å². The van der Waals surface area contributed by atoms with Crippen molar-refractivity contribution in [3.63, 3.8) is 0 Å². The summed E-state index contributed by atoms with van der Waals surface area (Å²) in [5.41, 5.74) is 6.64. The number of hydrogen-bond donors (Lipinski definition) is 2. The van der Waals surface area contributed by atoms with Gasteiger partial charge in [0.05, 0.1) is 0 Å². The maximum Gasteiger partial charge on any atom is 0.162 e. The lowest BCUT2D eigenvalue weighted by molar-refractivity contribution is 1.06. The summed E-state index contributed by atoms with van der Waals surface area (Å²) in [4.78, 5) is 8.94. The van der Waals surface area contributed by atoms with Gasteiger partial charge in [0.15, 0.2) is 5.82 Å². The van der Waals surface area contributed by atoms with E-state index >= 15 is 0 Å². The molecule has 5 heteroatoms. The van der Waals surface area contributed by atoms with Crippen LogP contribution in [0.5, 0.6) is 0 Å². The van der Waals surface area contributed by atoms with Gasteiger partial charge < -0.3 is 5.43 Å². The highest BCUT2D eigenvalue weighted by Gasteiger charge is 2.11. The van der Waals surface area contributed by atoms with Crippen molar-refractivity contribution in [2.45, 2.75) is 20.8 Å². The van der Waals surface area contributed by atoms with Crippen LogP contribution in [0, 0.1) is 20.8 Å². The molecule has 2 rings (SSSR count). The van der Waals surface area contributed by atoms with Crippen molar-refractivity contribution in [2.75, 3.05) is 5.43 Å². The first-order valence-corrected chi connectivity index (χ1v) is 6.40. The summed E-state index contributed by atoms with van der Waals surface area (Å²) < 4.78 is 0.980. The van der Waals surface area contributed by atoms with E-state index in [0.29, 0.717) is 11.6 Å². The van der Waals surface area contributed by atoms with Gasteiger partial charge in [0, 0.05) is 21.3 Å². The third-order valence-electron chi connectivity index (χ3n) is 2.89. The van der Waals surface area contributed by atoms with E-state index < -0.39 is 0 Å². The number of nitrogens with two attached hydrogens (primary N) is 1. The van der Waals surface area contributed by atoms with Gasteiger partial charge in [0.1, 0.15) is 5.82 Å². The van der Waals surface area contributed by atoms with Crippen molar-refractivity contribution in [1.82, 2.24) is 9.97 Å². The van der Waals surface area contributed by atoms with Crippen LogP contribution in [-0.4, -0.2) is 9.97 Å². The second-order valence-corrected chi connectivity index (χ2v) is 5.09. The van der Waals surface area contributed by atoms with Gasteiger partial charge in [-0.2, -0.15) is 0 Å². The molecular formula is C13H15BrN4. The molecule has 0 amide bonds. The molecule has 0 unspecified atom stereocenters. The van der Waals surface area contributed by atoms with E-state index in [9.17, 15) is 0 Å². The van der Waals surface area contributed by atoms with E-state index in [2.05, 4.69) is 31.3 Å². The number of nitrogens with zero attached hydrogens (tertiary/aromatic N) is 2. The Labute approximate surface area is 115 Å². The SMILES string of the molecule is Cc1ccc(-c2nc(C)c(C)c(NN)n2)c(Br)c1. The van der Waals surface area contributed by atoms with E-state index in [4.69, 9.17) is 5.84 Å². The zero-order valence-corrected chi connectivity index (χ0v) is 12.2. The van der Waals surface area contributed by atoms with Gasteiger partial charge in [-0.1, -0.05) is 22.0 Å². The van der Waals surface area contributed by atoms with Crippen LogP contribution >= 0.6 is 15.9 Å². The van der Waals surface area contributed by atoms with Crippen molar-refractivity contribution in [1.29, 1.82) is 0 Å². The Bertz CT molecular complexity index is 596. The molecule has 0 bridgehead atoms. The molecular weight excluding hydrogens is 292 g/mol. The molecule has 4 nitrogen and oxygen atoms in total. The van der Waals surface area contributed by atoms with Crippen molar-refractivity contribution in [3.05, 3.63) is 39.5 Å². The second-order valence-electron chi connectivity index (χ2n) is 4.23. The quantitative estimate of drug-likeness (QED) is 0.661. The number of nitrogen functional groups attached to an aromatic ring is 1. The van der Waals surface area contributed by atoms with Crippen LogP contribution in [0.2, 0.25) is 0 Å². The summed E-state index contributed by atoms with van der Waals surface area (Å²) in [6.07, 6.45) is 0. The first kappa shape index (κ1) is 13.0. The molecule has 18 heavy (non-hydrogen) atoms. The van der Waals surface area contributed by atoms with Gasteiger partial charge in [0.2, 0.25) is 0 Å². The fourth-order valence-corrected chi connectivity index (χ4v) is 2.36. The van der Waals surface area contributed by atoms with Gasteiger partial charge >= 0.3 is 0 Å². The molecule has 0 spiro atoms.